The summed E-state index contributed by atoms with van der Waals surface area (Å²) in [6, 6.07) is 21.5. The summed E-state index contributed by atoms with van der Waals surface area (Å²) in [6.45, 7) is 0.502. The SMILES string of the molecule is CS(=O)(=O)NCCCc1ccc(N2C(=O)[C@H](CC[C@H](O)c3ccc(F)cc3)[C@H]2c2ccc(CCCO)cc2)cc1. The Balaban J connectivity index is 1.47. The van der Waals surface area contributed by atoms with E-state index in [4.69, 9.17) is 5.11 Å². The molecule has 1 heterocycles. The number of nitrogens with zero attached hydrogens (tertiary/aromatic N) is 1. The first-order valence-corrected chi connectivity index (χ1v) is 15.6. The van der Waals surface area contributed by atoms with Gasteiger partial charge in [-0.1, -0.05) is 48.5 Å². The van der Waals surface area contributed by atoms with Crippen LogP contribution in [0.4, 0.5) is 10.1 Å². The summed E-state index contributed by atoms with van der Waals surface area (Å²) in [5.74, 6) is -0.675. The van der Waals surface area contributed by atoms with E-state index in [1.165, 1.54) is 12.1 Å². The van der Waals surface area contributed by atoms with Crippen molar-refractivity contribution in [1.29, 1.82) is 0 Å². The number of hydrogen-bond acceptors (Lipinski definition) is 5. The molecule has 4 rings (SSSR count). The summed E-state index contributed by atoms with van der Waals surface area (Å²) in [5.41, 5.74) is 4.58. The maximum atomic E-state index is 13.4. The molecule has 1 amide bonds. The minimum absolute atomic E-state index is 0.00855. The van der Waals surface area contributed by atoms with Crippen molar-refractivity contribution in [2.24, 2.45) is 5.92 Å². The Morgan fingerprint density at radius 1 is 0.925 bits per heavy atom. The van der Waals surface area contributed by atoms with E-state index in [-0.39, 0.29) is 30.3 Å². The molecule has 3 aromatic carbocycles. The molecule has 3 N–H and O–H groups in total. The minimum Gasteiger partial charge on any atom is -0.396 e. The summed E-state index contributed by atoms with van der Waals surface area (Å²) in [5, 5.41) is 19.8. The van der Waals surface area contributed by atoms with Crippen LogP contribution < -0.4 is 9.62 Å². The molecule has 3 aromatic rings. The third-order valence-corrected chi connectivity index (χ3v) is 8.11. The van der Waals surface area contributed by atoms with Crippen molar-refractivity contribution in [1.82, 2.24) is 4.72 Å². The number of hydrogen-bond donors (Lipinski definition) is 3. The molecule has 40 heavy (non-hydrogen) atoms. The highest BCUT2D eigenvalue weighted by atomic mass is 32.2. The number of aliphatic hydroxyl groups excluding tert-OH is 2. The van der Waals surface area contributed by atoms with Crippen molar-refractivity contribution in [2.45, 2.75) is 50.7 Å². The Morgan fingerprint density at radius 3 is 2.12 bits per heavy atom. The van der Waals surface area contributed by atoms with Crippen molar-refractivity contribution < 1.29 is 27.8 Å². The van der Waals surface area contributed by atoms with Gasteiger partial charge in [0.2, 0.25) is 15.9 Å². The van der Waals surface area contributed by atoms with Gasteiger partial charge >= 0.3 is 0 Å². The predicted octanol–water partition coefficient (Wildman–Crippen LogP) is 4.45. The van der Waals surface area contributed by atoms with Crippen LogP contribution >= 0.6 is 0 Å². The van der Waals surface area contributed by atoms with Crippen LogP contribution in [0.5, 0.6) is 0 Å². The van der Waals surface area contributed by atoms with Crippen molar-refractivity contribution in [2.75, 3.05) is 24.3 Å². The number of nitrogens with one attached hydrogen (secondary N) is 1. The van der Waals surface area contributed by atoms with Crippen molar-refractivity contribution in [3.05, 3.63) is 101 Å². The van der Waals surface area contributed by atoms with Crippen molar-refractivity contribution >= 4 is 21.6 Å². The zero-order valence-corrected chi connectivity index (χ0v) is 23.5. The van der Waals surface area contributed by atoms with Gasteiger partial charge < -0.3 is 15.1 Å². The Bertz CT molecular complexity index is 1360. The number of β-lactam (4-membered cyclic amide) rings is 1. The third-order valence-electron chi connectivity index (χ3n) is 7.39. The number of carbonyl (C=O) groups is 1. The number of benzene rings is 3. The molecule has 9 heteroatoms. The number of anilines is 1. The largest absolute Gasteiger partial charge is 0.396 e. The van der Waals surface area contributed by atoms with Gasteiger partial charge in [0, 0.05) is 18.8 Å². The number of aliphatic hydroxyl groups is 2. The zero-order chi connectivity index (χ0) is 28.7. The molecule has 1 fully saturated rings. The molecular formula is C31H37FN2O5S. The van der Waals surface area contributed by atoms with Crippen LogP contribution in [0.1, 0.15) is 60.1 Å². The summed E-state index contributed by atoms with van der Waals surface area (Å²) in [4.78, 5) is 15.2. The lowest BCUT2D eigenvalue weighted by molar-refractivity contribution is -0.131. The molecule has 0 radical (unpaired) electrons. The first-order valence-electron chi connectivity index (χ1n) is 13.7. The quantitative estimate of drug-likeness (QED) is 0.197. The van der Waals surface area contributed by atoms with E-state index in [2.05, 4.69) is 4.72 Å². The Morgan fingerprint density at radius 2 is 1.52 bits per heavy atom. The molecule has 1 saturated heterocycles. The van der Waals surface area contributed by atoms with Gasteiger partial charge in [0.25, 0.3) is 0 Å². The van der Waals surface area contributed by atoms with Crippen LogP contribution in [0.2, 0.25) is 0 Å². The molecule has 1 aliphatic rings. The van der Waals surface area contributed by atoms with Gasteiger partial charge in [-0.05, 0) is 85.0 Å². The Labute approximate surface area is 235 Å². The Kier molecular flexibility index (Phi) is 10.1. The molecule has 0 bridgehead atoms. The van der Waals surface area contributed by atoms with Crippen molar-refractivity contribution in [3.63, 3.8) is 0 Å². The molecule has 0 unspecified atom stereocenters. The summed E-state index contributed by atoms with van der Waals surface area (Å²) in [6.07, 6.45) is 4.05. The standard InChI is InChI=1S/C31H37FN2O5S/c1-40(38,39)33-20-2-4-22-8-16-27(17-9-22)34-30(25-10-6-23(7-11-25)5-3-21-35)28(31(34)37)18-19-29(36)24-12-14-26(32)15-13-24/h6-17,28-30,33,35-36H,2-5,18-21H2,1H3/t28-,29+,30-/m1/s1. The van der Waals surface area contributed by atoms with Gasteiger partial charge in [0.05, 0.1) is 24.3 Å². The molecule has 0 spiro atoms. The van der Waals surface area contributed by atoms with Gasteiger partial charge in [-0.25, -0.2) is 17.5 Å². The molecule has 0 aromatic heterocycles. The molecule has 7 nitrogen and oxygen atoms in total. The highest BCUT2D eigenvalue weighted by Crippen LogP contribution is 2.46. The number of sulfonamides is 1. The van der Waals surface area contributed by atoms with Crippen LogP contribution in [-0.4, -0.2) is 43.9 Å². The van der Waals surface area contributed by atoms with E-state index >= 15 is 0 Å². The fourth-order valence-corrected chi connectivity index (χ4v) is 5.74. The number of aryl methyl sites for hydroxylation is 2. The van der Waals surface area contributed by atoms with Crippen molar-refractivity contribution in [3.8, 4) is 0 Å². The fraction of sp³-hybridized carbons (Fsp3) is 0.387. The van der Waals surface area contributed by atoms with Gasteiger partial charge in [0.1, 0.15) is 5.82 Å². The molecule has 0 aliphatic carbocycles. The minimum atomic E-state index is -3.21. The summed E-state index contributed by atoms with van der Waals surface area (Å²) < 4.78 is 38.3. The zero-order valence-electron chi connectivity index (χ0n) is 22.7. The monoisotopic (exact) mass is 568 g/mol. The first kappa shape index (κ1) is 29.9. The van der Waals surface area contributed by atoms with Crippen LogP contribution in [0.15, 0.2) is 72.8 Å². The molecule has 3 atom stereocenters. The average molecular weight is 569 g/mol. The van der Waals surface area contributed by atoms with Gasteiger partial charge in [0.15, 0.2) is 0 Å². The molecule has 1 aliphatic heterocycles. The van der Waals surface area contributed by atoms with Crippen LogP contribution in [0, 0.1) is 11.7 Å². The molecule has 214 valence electrons. The smallest absolute Gasteiger partial charge is 0.233 e. The second-order valence-corrected chi connectivity index (χ2v) is 12.2. The van der Waals surface area contributed by atoms with Gasteiger partial charge in [-0.15, -0.1) is 0 Å². The van der Waals surface area contributed by atoms with E-state index < -0.39 is 16.1 Å². The second kappa shape index (κ2) is 13.5. The second-order valence-electron chi connectivity index (χ2n) is 10.4. The first-order chi connectivity index (χ1) is 19.2. The van der Waals surface area contributed by atoms with E-state index in [0.29, 0.717) is 44.2 Å². The van der Waals surface area contributed by atoms with E-state index in [9.17, 15) is 22.7 Å². The van der Waals surface area contributed by atoms with E-state index in [1.807, 2.05) is 48.5 Å². The number of amides is 1. The normalized spacial score (nSPS) is 18.0. The Hall–Kier alpha value is -3.11. The van der Waals surface area contributed by atoms with E-state index in [0.717, 1.165) is 35.1 Å². The average Bonchev–Trinajstić information content (AvgIpc) is 2.94. The fourth-order valence-electron chi connectivity index (χ4n) is 5.23. The lowest BCUT2D eigenvalue weighted by atomic mass is 9.78. The molecular weight excluding hydrogens is 531 g/mol. The van der Waals surface area contributed by atoms with Crippen LogP contribution in [-0.2, 0) is 27.7 Å². The van der Waals surface area contributed by atoms with Crippen LogP contribution in [0.3, 0.4) is 0 Å². The topological polar surface area (TPSA) is 107 Å². The highest BCUT2D eigenvalue weighted by Gasteiger charge is 2.48. The highest BCUT2D eigenvalue weighted by molar-refractivity contribution is 7.88. The lowest BCUT2D eigenvalue weighted by Gasteiger charge is -2.48. The maximum absolute atomic E-state index is 13.4. The number of halogens is 1. The number of carbonyl (C=O) groups excluding carboxylic acids is 1. The van der Waals surface area contributed by atoms with E-state index in [1.54, 1.807) is 17.0 Å². The summed E-state index contributed by atoms with van der Waals surface area (Å²) in [7, 11) is -3.21. The number of rotatable bonds is 14. The third kappa shape index (κ3) is 7.75. The maximum Gasteiger partial charge on any atom is 0.233 e. The molecule has 0 saturated carbocycles. The summed E-state index contributed by atoms with van der Waals surface area (Å²) >= 11 is 0. The van der Waals surface area contributed by atoms with Gasteiger partial charge in [-0.3, -0.25) is 4.79 Å². The lowest BCUT2D eigenvalue weighted by Crippen LogP contribution is -2.55. The predicted molar refractivity (Wildman–Crippen MR) is 154 cm³/mol. The van der Waals surface area contributed by atoms with Gasteiger partial charge in [-0.2, -0.15) is 0 Å². The van der Waals surface area contributed by atoms with Crippen LogP contribution in [0.25, 0.3) is 0 Å².